The molecule has 4 heteroatoms. The van der Waals surface area contributed by atoms with Crippen molar-refractivity contribution in [1.29, 1.82) is 0 Å². The number of rotatable bonds is 2. The number of anilines is 1. The summed E-state index contributed by atoms with van der Waals surface area (Å²) in [6.07, 6.45) is 2.99. The molecule has 2 rings (SSSR count). The first-order chi connectivity index (χ1) is 7.24. The average molecular weight is 206 g/mol. The molecule has 0 radical (unpaired) electrons. The summed E-state index contributed by atoms with van der Waals surface area (Å²) in [6, 6.07) is 3.65. The van der Waals surface area contributed by atoms with Crippen LogP contribution in [0, 0.1) is 0 Å². The Labute approximate surface area is 88.9 Å². The minimum Gasteiger partial charge on any atom is -0.477 e. The SMILES string of the molecule is CCCC1Oc2cccnc2N(C)C1=O. The number of nitrogens with zero attached hydrogens (tertiary/aromatic N) is 2. The Morgan fingerprint density at radius 2 is 2.40 bits per heavy atom. The zero-order valence-corrected chi connectivity index (χ0v) is 8.93. The Morgan fingerprint density at radius 3 is 3.13 bits per heavy atom. The molecule has 1 aliphatic rings. The summed E-state index contributed by atoms with van der Waals surface area (Å²) in [5.41, 5.74) is 0. The molecular weight excluding hydrogens is 192 g/mol. The summed E-state index contributed by atoms with van der Waals surface area (Å²) in [5.74, 6) is 1.29. The maximum atomic E-state index is 11.8. The Hall–Kier alpha value is -1.58. The largest absolute Gasteiger partial charge is 0.477 e. The molecule has 1 amide bonds. The fourth-order valence-electron chi connectivity index (χ4n) is 1.69. The summed E-state index contributed by atoms with van der Waals surface area (Å²) in [4.78, 5) is 17.5. The van der Waals surface area contributed by atoms with Gasteiger partial charge in [0.05, 0.1) is 0 Å². The third kappa shape index (κ3) is 1.67. The van der Waals surface area contributed by atoms with Crippen molar-refractivity contribution >= 4 is 11.7 Å². The van der Waals surface area contributed by atoms with E-state index < -0.39 is 0 Å². The van der Waals surface area contributed by atoms with E-state index in [9.17, 15) is 4.79 Å². The average Bonchev–Trinajstić information content (AvgIpc) is 2.26. The van der Waals surface area contributed by atoms with Gasteiger partial charge in [-0.1, -0.05) is 13.3 Å². The van der Waals surface area contributed by atoms with Crippen LogP contribution in [0.2, 0.25) is 0 Å². The zero-order valence-electron chi connectivity index (χ0n) is 8.93. The van der Waals surface area contributed by atoms with Crippen LogP contribution in [0.5, 0.6) is 5.75 Å². The second-order valence-corrected chi connectivity index (χ2v) is 3.62. The number of carbonyl (C=O) groups is 1. The Morgan fingerprint density at radius 1 is 1.60 bits per heavy atom. The summed E-state index contributed by atoms with van der Waals surface area (Å²) < 4.78 is 5.60. The molecule has 2 heterocycles. The van der Waals surface area contributed by atoms with Crippen molar-refractivity contribution in [3.8, 4) is 5.75 Å². The van der Waals surface area contributed by atoms with E-state index in [1.165, 1.54) is 0 Å². The van der Waals surface area contributed by atoms with E-state index in [4.69, 9.17) is 4.74 Å². The zero-order chi connectivity index (χ0) is 10.8. The number of hydrogen-bond donors (Lipinski definition) is 0. The number of likely N-dealkylation sites (N-methyl/N-ethyl adjacent to an activating group) is 1. The first-order valence-corrected chi connectivity index (χ1v) is 5.13. The fourth-order valence-corrected chi connectivity index (χ4v) is 1.69. The van der Waals surface area contributed by atoms with Gasteiger partial charge in [-0.25, -0.2) is 4.98 Å². The first-order valence-electron chi connectivity index (χ1n) is 5.13. The highest BCUT2D eigenvalue weighted by Gasteiger charge is 2.31. The van der Waals surface area contributed by atoms with Gasteiger partial charge in [-0.2, -0.15) is 0 Å². The van der Waals surface area contributed by atoms with Crippen molar-refractivity contribution < 1.29 is 9.53 Å². The third-order valence-corrected chi connectivity index (χ3v) is 2.49. The number of amides is 1. The minimum absolute atomic E-state index is 0.0111. The lowest BCUT2D eigenvalue weighted by molar-refractivity contribution is -0.126. The van der Waals surface area contributed by atoms with E-state index in [-0.39, 0.29) is 12.0 Å². The Kier molecular flexibility index (Phi) is 2.58. The highest BCUT2D eigenvalue weighted by molar-refractivity contribution is 5.98. The second kappa shape index (κ2) is 3.88. The molecule has 1 aromatic heterocycles. The Bertz CT molecular complexity index is 379. The van der Waals surface area contributed by atoms with E-state index in [1.807, 2.05) is 19.1 Å². The number of pyridine rings is 1. The Balaban J connectivity index is 2.32. The molecule has 1 unspecified atom stereocenters. The van der Waals surface area contributed by atoms with Crippen LogP contribution in [-0.2, 0) is 4.79 Å². The van der Waals surface area contributed by atoms with Gasteiger partial charge in [0, 0.05) is 13.2 Å². The van der Waals surface area contributed by atoms with E-state index in [2.05, 4.69) is 4.98 Å². The van der Waals surface area contributed by atoms with Crippen molar-refractivity contribution in [2.45, 2.75) is 25.9 Å². The quantitative estimate of drug-likeness (QED) is 0.738. The molecule has 0 saturated heterocycles. The number of aromatic nitrogens is 1. The molecule has 0 fully saturated rings. The molecule has 0 spiro atoms. The smallest absolute Gasteiger partial charge is 0.269 e. The van der Waals surface area contributed by atoms with Gasteiger partial charge in [0.2, 0.25) is 0 Å². The summed E-state index contributed by atoms with van der Waals surface area (Å²) in [6.45, 7) is 2.04. The molecule has 0 bridgehead atoms. The number of ether oxygens (including phenoxy) is 1. The van der Waals surface area contributed by atoms with Gasteiger partial charge < -0.3 is 4.74 Å². The van der Waals surface area contributed by atoms with Crippen LogP contribution in [0.15, 0.2) is 18.3 Å². The van der Waals surface area contributed by atoms with Gasteiger partial charge >= 0.3 is 0 Å². The standard InChI is InChI=1S/C11H14N2O2/c1-3-5-9-11(14)13(2)10-8(15-9)6-4-7-12-10/h4,6-7,9H,3,5H2,1-2H3. The van der Waals surface area contributed by atoms with Crippen molar-refractivity contribution in [2.75, 3.05) is 11.9 Å². The van der Waals surface area contributed by atoms with Crippen molar-refractivity contribution in [1.82, 2.24) is 4.98 Å². The van der Waals surface area contributed by atoms with Crippen LogP contribution in [-0.4, -0.2) is 24.0 Å². The molecule has 15 heavy (non-hydrogen) atoms. The molecule has 0 aromatic carbocycles. The van der Waals surface area contributed by atoms with Crippen LogP contribution in [0.4, 0.5) is 5.82 Å². The van der Waals surface area contributed by atoms with E-state index in [0.29, 0.717) is 11.6 Å². The number of hydrogen-bond acceptors (Lipinski definition) is 3. The minimum atomic E-state index is -0.350. The normalized spacial score (nSPS) is 19.7. The van der Waals surface area contributed by atoms with Gasteiger partial charge in [-0.3, -0.25) is 9.69 Å². The molecule has 0 N–H and O–H groups in total. The third-order valence-electron chi connectivity index (χ3n) is 2.49. The maximum absolute atomic E-state index is 11.8. The molecular formula is C11H14N2O2. The molecule has 0 saturated carbocycles. The molecule has 4 nitrogen and oxygen atoms in total. The van der Waals surface area contributed by atoms with Gasteiger partial charge in [-0.05, 0) is 18.6 Å². The lowest BCUT2D eigenvalue weighted by atomic mass is 10.1. The second-order valence-electron chi connectivity index (χ2n) is 3.62. The first kappa shape index (κ1) is 9.96. The number of carbonyl (C=O) groups excluding carboxylic acids is 1. The predicted molar refractivity (Wildman–Crippen MR) is 57.0 cm³/mol. The molecule has 1 atom stereocenters. The lowest BCUT2D eigenvalue weighted by Crippen LogP contribution is -2.44. The number of fused-ring (bicyclic) bond motifs is 1. The van der Waals surface area contributed by atoms with Crippen molar-refractivity contribution in [3.63, 3.8) is 0 Å². The molecule has 1 aliphatic heterocycles. The summed E-state index contributed by atoms with van der Waals surface area (Å²) >= 11 is 0. The van der Waals surface area contributed by atoms with Crippen molar-refractivity contribution in [2.24, 2.45) is 0 Å². The van der Waals surface area contributed by atoms with Gasteiger partial charge in [0.15, 0.2) is 17.7 Å². The molecule has 80 valence electrons. The predicted octanol–water partition coefficient (Wildman–Crippen LogP) is 1.61. The lowest BCUT2D eigenvalue weighted by Gasteiger charge is -2.30. The summed E-state index contributed by atoms with van der Waals surface area (Å²) in [7, 11) is 1.74. The van der Waals surface area contributed by atoms with E-state index in [0.717, 1.165) is 12.8 Å². The van der Waals surface area contributed by atoms with Crippen molar-refractivity contribution in [3.05, 3.63) is 18.3 Å². The fraction of sp³-hybridized carbons (Fsp3) is 0.455. The van der Waals surface area contributed by atoms with E-state index in [1.54, 1.807) is 18.1 Å². The van der Waals surface area contributed by atoms with Gasteiger partial charge in [-0.15, -0.1) is 0 Å². The van der Waals surface area contributed by atoms with Crippen LogP contribution in [0.1, 0.15) is 19.8 Å². The van der Waals surface area contributed by atoms with Crippen LogP contribution < -0.4 is 9.64 Å². The van der Waals surface area contributed by atoms with Crippen LogP contribution in [0.3, 0.4) is 0 Å². The van der Waals surface area contributed by atoms with Gasteiger partial charge in [0.25, 0.3) is 5.91 Å². The topological polar surface area (TPSA) is 42.4 Å². The van der Waals surface area contributed by atoms with Crippen LogP contribution in [0.25, 0.3) is 0 Å². The molecule has 0 aliphatic carbocycles. The monoisotopic (exact) mass is 206 g/mol. The van der Waals surface area contributed by atoms with Gasteiger partial charge in [0.1, 0.15) is 0 Å². The van der Waals surface area contributed by atoms with Crippen LogP contribution >= 0.6 is 0 Å². The highest BCUT2D eigenvalue weighted by Crippen LogP contribution is 2.31. The van der Waals surface area contributed by atoms with E-state index >= 15 is 0 Å². The highest BCUT2D eigenvalue weighted by atomic mass is 16.5. The maximum Gasteiger partial charge on any atom is 0.269 e. The molecule has 1 aromatic rings. The summed E-state index contributed by atoms with van der Waals surface area (Å²) in [5, 5.41) is 0.